The lowest BCUT2D eigenvalue weighted by Crippen LogP contribution is -2.41. The van der Waals surface area contributed by atoms with Gasteiger partial charge >= 0.3 is 5.97 Å². The first-order chi connectivity index (χ1) is 12.0. The van der Waals surface area contributed by atoms with E-state index in [0.717, 1.165) is 11.3 Å². The second-order valence-electron chi connectivity index (χ2n) is 5.45. The van der Waals surface area contributed by atoms with Crippen molar-refractivity contribution in [3.63, 3.8) is 0 Å². The minimum Gasteiger partial charge on any atom is -0.497 e. The van der Waals surface area contributed by atoms with Gasteiger partial charge in [0.2, 0.25) is 5.91 Å². The van der Waals surface area contributed by atoms with Crippen LogP contribution in [0.4, 0.5) is 5.82 Å². The zero-order valence-corrected chi connectivity index (χ0v) is 13.8. The van der Waals surface area contributed by atoms with Crippen molar-refractivity contribution in [3.05, 3.63) is 41.6 Å². The number of anilines is 1. The van der Waals surface area contributed by atoms with Gasteiger partial charge in [-0.05, 0) is 24.6 Å². The van der Waals surface area contributed by atoms with Crippen molar-refractivity contribution in [2.75, 3.05) is 19.0 Å². The maximum Gasteiger partial charge on any atom is 0.326 e. The van der Waals surface area contributed by atoms with E-state index in [1.165, 1.54) is 10.9 Å². The molecule has 1 amide bonds. The second kappa shape index (κ2) is 6.76. The number of ketones is 1. The number of carbonyl (C=O) groups is 3. The molecule has 8 nitrogen and oxygen atoms in total. The summed E-state index contributed by atoms with van der Waals surface area (Å²) in [6, 6.07) is 7.35. The monoisotopic (exact) mass is 343 g/mol. The Morgan fingerprint density at radius 1 is 1.28 bits per heavy atom. The predicted octanol–water partition coefficient (Wildman–Crippen LogP) is 1.25. The van der Waals surface area contributed by atoms with E-state index in [2.05, 4.69) is 10.4 Å². The fourth-order valence-corrected chi connectivity index (χ4v) is 2.62. The van der Waals surface area contributed by atoms with Crippen LogP contribution in [0.25, 0.3) is 0 Å². The number of benzene rings is 1. The van der Waals surface area contributed by atoms with E-state index in [-0.39, 0.29) is 18.0 Å². The van der Waals surface area contributed by atoms with Crippen molar-refractivity contribution in [1.29, 1.82) is 0 Å². The molecule has 0 radical (unpaired) electrons. The highest BCUT2D eigenvalue weighted by Crippen LogP contribution is 2.27. The summed E-state index contributed by atoms with van der Waals surface area (Å²) in [7, 11) is 1.58. The average Bonchev–Trinajstić information content (AvgIpc) is 2.99. The van der Waals surface area contributed by atoms with Crippen molar-refractivity contribution < 1.29 is 23.9 Å². The molecule has 1 aromatic carbocycles. The summed E-state index contributed by atoms with van der Waals surface area (Å²) in [6.07, 6.45) is 1.35. The second-order valence-corrected chi connectivity index (χ2v) is 5.45. The maximum absolute atomic E-state index is 12.5. The minimum atomic E-state index is -1.48. The summed E-state index contributed by atoms with van der Waals surface area (Å²) in [6.45, 7) is 2.07. The lowest BCUT2D eigenvalue weighted by atomic mass is 9.95. The Morgan fingerprint density at radius 2 is 2.00 bits per heavy atom. The molecule has 1 aliphatic rings. The van der Waals surface area contributed by atoms with Crippen LogP contribution in [0.3, 0.4) is 0 Å². The number of Topliss-reactive ketones (excluding diaryl/α,β-unsaturated/α-hetero) is 1. The van der Waals surface area contributed by atoms with Gasteiger partial charge in [0.1, 0.15) is 11.6 Å². The molecule has 0 spiro atoms. The molecule has 1 N–H and O–H groups in total. The number of hydrogen-bond donors (Lipinski definition) is 1. The lowest BCUT2D eigenvalue weighted by molar-refractivity contribution is -0.148. The van der Waals surface area contributed by atoms with Crippen molar-refractivity contribution in [2.45, 2.75) is 13.5 Å². The minimum absolute atomic E-state index is 0.0967. The Kier molecular flexibility index (Phi) is 4.51. The Bertz CT molecular complexity index is 825. The highest BCUT2D eigenvalue weighted by molar-refractivity contribution is 6.29. The summed E-state index contributed by atoms with van der Waals surface area (Å²) in [5.74, 6) is -2.62. The first-order valence-electron chi connectivity index (χ1n) is 7.75. The van der Waals surface area contributed by atoms with Crippen molar-refractivity contribution >= 4 is 23.5 Å². The zero-order chi connectivity index (χ0) is 18.0. The molecule has 0 aliphatic carbocycles. The number of esters is 1. The summed E-state index contributed by atoms with van der Waals surface area (Å²) < 4.78 is 11.4. The van der Waals surface area contributed by atoms with Gasteiger partial charge in [0.25, 0.3) is 0 Å². The molecule has 3 rings (SSSR count). The molecule has 0 saturated carbocycles. The number of nitrogens with zero attached hydrogens (tertiary/aromatic N) is 2. The normalized spacial score (nSPS) is 16.2. The smallest absolute Gasteiger partial charge is 0.326 e. The molecule has 0 bridgehead atoms. The highest BCUT2D eigenvalue weighted by atomic mass is 16.5. The fraction of sp³-hybridized carbons (Fsp3) is 0.294. The van der Waals surface area contributed by atoms with E-state index in [4.69, 9.17) is 9.47 Å². The van der Waals surface area contributed by atoms with E-state index < -0.39 is 23.6 Å². The molecule has 1 aliphatic heterocycles. The first kappa shape index (κ1) is 16.7. The van der Waals surface area contributed by atoms with Gasteiger partial charge < -0.3 is 14.8 Å². The summed E-state index contributed by atoms with van der Waals surface area (Å²) in [5, 5.41) is 6.74. The molecular formula is C17H17N3O5. The molecule has 0 saturated heterocycles. The number of fused-ring (bicyclic) bond motifs is 1. The molecule has 2 aromatic rings. The van der Waals surface area contributed by atoms with Crippen LogP contribution >= 0.6 is 0 Å². The van der Waals surface area contributed by atoms with E-state index in [0.29, 0.717) is 6.54 Å². The lowest BCUT2D eigenvalue weighted by Gasteiger charge is -2.20. The van der Waals surface area contributed by atoms with Crippen LogP contribution in [-0.4, -0.2) is 41.2 Å². The Balaban J connectivity index is 1.85. The van der Waals surface area contributed by atoms with Gasteiger partial charge in [-0.1, -0.05) is 12.1 Å². The standard InChI is InChI=1S/C17H17N3O5/c1-3-25-17(23)13-14(21)12-8-18-20(15(12)19-16(13)22)9-10-4-6-11(24-2)7-5-10/h4-8,13H,3,9H2,1-2H3,(H,19,22). The molecule has 0 fully saturated rings. The number of hydrogen-bond acceptors (Lipinski definition) is 6. The molecule has 1 atom stereocenters. The molecule has 1 aromatic heterocycles. The third kappa shape index (κ3) is 3.10. The van der Waals surface area contributed by atoms with E-state index >= 15 is 0 Å². The number of methoxy groups -OCH3 is 1. The molecule has 8 heteroatoms. The molecule has 2 heterocycles. The highest BCUT2D eigenvalue weighted by Gasteiger charge is 2.42. The van der Waals surface area contributed by atoms with Crippen LogP contribution in [0.2, 0.25) is 0 Å². The number of ether oxygens (including phenoxy) is 2. The number of amides is 1. The largest absolute Gasteiger partial charge is 0.497 e. The summed E-state index contributed by atoms with van der Waals surface area (Å²) in [4.78, 5) is 36.5. The Morgan fingerprint density at radius 3 is 2.64 bits per heavy atom. The van der Waals surface area contributed by atoms with Crippen LogP contribution in [0.1, 0.15) is 22.8 Å². The van der Waals surface area contributed by atoms with Gasteiger partial charge in [0, 0.05) is 0 Å². The van der Waals surface area contributed by atoms with Crippen LogP contribution in [-0.2, 0) is 20.9 Å². The first-order valence-corrected chi connectivity index (χ1v) is 7.75. The third-order valence-corrected chi connectivity index (χ3v) is 3.88. The SMILES string of the molecule is CCOC(=O)C1C(=O)Nc2c(cnn2Cc2ccc(OC)cc2)C1=O. The summed E-state index contributed by atoms with van der Waals surface area (Å²) in [5.41, 5.74) is 1.12. The van der Waals surface area contributed by atoms with Crippen molar-refractivity contribution in [1.82, 2.24) is 9.78 Å². The molecule has 130 valence electrons. The Hall–Kier alpha value is -3.16. The molecule has 25 heavy (non-hydrogen) atoms. The van der Waals surface area contributed by atoms with Gasteiger partial charge in [0.05, 0.1) is 32.0 Å². The fourth-order valence-electron chi connectivity index (χ4n) is 2.62. The van der Waals surface area contributed by atoms with Crippen LogP contribution in [0.15, 0.2) is 30.5 Å². The van der Waals surface area contributed by atoms with E-state index in [9.17, 15) is 14.4 Å². The van der Waals surface area contributed by atoms with Crippen molar-refractivity contribution in [2.24, 2.45) is 5.92 Å². The van der Waals surface area contributed by atoms with Crippen LogP contribution < -0.4 is 10.1 Å². The van der Waals surface area contributed by atoms with Crippen LogP contribution in [0, 0.1) is 5.92 Å². The topological polar surface area (TPSA) is 99.5 Å². The van der Waals surface area contributed by atoms with E-state index in [1.54, 1.807) is 14.0 Å². The third-order valence-electron chi connectivity index (χ3n) is 3.88. The number of carbonyl (C=O) groups excluding carboxylic acids is 3. The van der Waals surface area contributed by atoms with Gasteiger partial charge in [-0.15, -0.1) is 0 Å². The maximum atomic E-state index is 12.5. The predicted molar refractivity (Wildman–Crippen MR) is 87.4 cm³/mol. The summed E-state index contributed by atoms with van der Waals surface area (Å²) >= 11 is 0. The quantitative estimate of drug-likeness (QED) is 0.648. The van der Waals surface area contributed by atoms with Crippen LogP contribution in [0.5, 0.6) is 5.75 Å². The zero-order valence-electron chi connectivity index (χ0n) is 13.8. The van der Waals surface area contributed by atoms with Gasteiger partial charge in [-0.25, -0.2) is 4.68 Å². The average molecular weight is 343 g/mol. The van der Waals surface area contributed by atoms with Gasteiger partial charge in [-0.2, -0.15) is 5.10 Å². The van der Waals surface area contributed by atoms with Gasteiger partial charge in [-0.3, -0.25) is 14.4 Å². The van der Waals surface area contributed by atoms with E-state index in [1.807, 2.05) is 24.3 Å². The molecular weight excluding hydrogens is 326 g/mol. The Labute approximate surface area is 143 Å². The number of nitrogens with one attached hydrogen (secondary N) is 1. The number of rotatable bonds is 5. The molecule has 1 unspecified atom stereocenters. The van der Waals surface area contributed by atoms with Gasteiger partial charge in [0.15, 0.2) is 11.7 Å². The number of aromatic nitrogens is 2. The van der Waals surface area contributed by atoms with Crippen molar-refractivity contribution in [3.8, 4) is 5.75 Å².